The van der Waals surface area contributed by atoms with Gasteiger partial charge < -0.3 is 10.1 Å². The molecule has 1 saturated heterocycles. The van der Waals surface area contributed by atoms with Crippen molar-refractivity contribution in [1.29, 1.82) is 0 Å². The molecule has 1 fully saturated rings. The van der Waals surface area contributed by atoms with Gasteiger partial charge in [0, 0.05) is 10.9 Å². The number of cyclic esters (lactones) is 1. The van der Waals surface area contributed by atoms with E-state index in [4.69, 9.17) is 16.3 Å². The van der Waals surface area contributed by atoms with Crippen molar-refractivity contribution >= 4 is 33.6 Å². The largest absolute Gasteiger partial charge is 0.449 e. The van der Waals surface area contributed by atoms with Gasteiger partial charge in [-0.3, -0.25) is 0 Å². The summed E-state index contributed by atoms with van der Waals surface area (Å²) >= 11 is 9.24. The molecule has 1 heterocycles. The molecule has 1 amide bonds. The van der Waals surface area contributed by atoms with Gasteiger partial charge in [0.2, 0.25) is 0 Å². The average Bonchev–Trinajstić information content (AvgIpc) is 2.22. The van der Waals surface area contributed by atoms with Gasteiger partial charge in [-0.15, -0.1) is 0 Å². The Labute approximate surface area is 101 Å². The van der Waals surface area contributed by atoms with Crippen LogP contribution in [-0.2, 0) is 4.74 Å². The highest BCUT2D eigenvalue weighted by molar-refractivity contribution is 9.10. The van der Waals surface area contributed by atoms with Crippen LogP contribution >= 0.6 is 27.5 Å². The Balaban J connectivity index is 2.21. The molecule has 1 aromatic carbocycles. The summed E-state index contributed by atoms with van der Waals surface area (Å²) in [4.78, 5) is 11.0. The summed E-state index contributed by atoms with van der Waals surface area (Å²) in [5.41, 5.74) is 1.03. The van der Waals surface area contributed by atoms with Crippen LogP contribution < -0.4 is 5.32 Å². The van der Waals surface area contributed by atoms with E-state index in [0.717, 1.165) is 16.5 Å². The number of hydrogen-bond acceptors (Lipinski definition) is 2. The van der Waals surface area contributed by atoms with Crippen molar-refractivity contribution in [3.63, 3.8) is 0 Å². The van der Waals surface area contributed by atoms with Gasteiger partial charge in [-0.05, 0) is 33.6 Å². The van der Waals surface area contributed by atoms with Crippen LogP contribution in [0.15, 0.2) is 22.7 Å². The number of halogens is 2. The topological polar surface area (TPSA) is 38.3 Å². The fourth-order valence-corrected chi connectivity index (χ4v) is 2.02. The van der Waals surface area contributed by atoms with Crippen molar-refractivity contribution in [3.8, 4) is 0 Å². The van der Waals surface area contributed by atoms with E-state index < -0.39 is 0 Å². The Hall–Kier alpha value is -0.740. The van der Waals surface area contributed by atoms with E-state index in [2.05, 4.69) is 21.2 Å². The van der Waals surface area contributed by atoms with Crippen LogP contribution in [0.4, 0.5) is 4.79 Å². The third kappa shape index (κ3) is 2.44. The Morgan fingerprint density at radius 2 is 2.33 bits per heavy atom. The summed E-state index contributed by atoms with van der Waals surface area (Å²) in [7, 11) is 0. The summed E-state index contributed by atoms with van der Waals surface area (Å²) in [5, 5.41) is 3.42. The highest BCUT2D eigenvalue weighted by atomic mass is 79.9. The third-order valence-corrected chi connectivity index (χ3v) is 3.49. The number of ether oxygens (including phenoxy) is 1. The molecule has 80 valence electrons. The second kappa shape index (κ2) is 4.41. The average molecular weight is 291 g/mol. The van der Waals surface area contributed by atoms with Crippen molar-refractivity contribution in [2.75, 3.05) is 6.61 Å². The number of hydrogen-bond donors (Lipinski definition) is 1. The van der Waals surface area contributed by atoms with Crippen LogP contribution in [-0.4, -0.2) is 12.7 Å². The summed E-state index contributed by atoms with van der Waals surface area (Å²) in [6.45, 7) is 0.455. The number of benzene rings is 1. The van der Waals surface area contributed by atoms with Crippen LogP contribution in [0.5, 0.6) is 0 Å². The molecule has 0 bridgehead atoms. The molecular formula is C10H9BrClNO2. The maximum Gasteiger partial charge on any atom is 0.407 e. The smallest absolute Gasteiger partial charge is 0.407 e. The highest BCUT2D eigenvalue weighted by Gasteiger charge is 2.20. The molecule has 5 heteroatoms. The number of amides is 1. The minimum atomic E-state index is -0.364. The van der Waals surface area contributed by atoms with Crippen molar-refractivity contribution in [1.82, 2.24) is 5.32 Å². The standard InChI is InChI=1S/C10H9BrClNO2/c11-7-5-6(1-2-8(7)12)9-3-4-15-10(14)13-9/h1-2,5,9H,3-4H2,(H,13,14)/t9-/m0/s1. The fourth-order valence-electron chi connectivity index (χ4n) is 1.50. The fraction of sp³-hybridized carbons (Fsp3) is 0.300. The lowest BCUT2D eigenvalue weighted by Crippen LogP contribution is -2.35. The first-order valence-electron chi connectivity index (χ1n) is 4.55. The SMILES string of the molecule is O=C1N[C@H](c2ccc(Cl)c(Br)c2)CCO1. The van der Waals surface area contributed by atoms with Crippen molar-refractivity contribution in [3.05, 3.63) is 33.3 Å². The lowest BCUT2D eigenvalue weighted by atomic mass is 10.0. The first-order valence-corrected chi connectivity index (χ1v) is 5.72. The molecular weight excluding hydrogens is 281 g/mol. The minimum absolute atomic E-state index is 0.0137. The Morgan fingerprint density at radius 3 is 3.00 bits per heavy atom. The number of alkyl carbamates (subject to hydrolysis) is 1. The van der Waals surface area contributed by atoms with Gasteiger partial charge in [-0.25, -0.2) is 4.79 Å². The van der Waals surface area contributed by atoms with Crippen LogP contribution in [0.1, 0.15) is 18.0 Å². The molecule has 0 saturated carbocycles. The maximum absolute atomic E-state index is 11.0. The maximum atomic E-state index is 11.0. The number of rotatable bonds is 1. The molecule has 1 N–H and O–H groups in total. The zero-order chi connectivity index (χ0) is 10.8. The second-order valence-electron chi connectivity index (χ2n) is 3.30. The van der Waals surface area contributed by atoms with E-state index in [1.165, 1.54) is 0 Å². The molecule has 1 aromatic rings. The summed E-state index contributed by atoms with van der Waals surface area (Å²) in [6, 6.07) is 5.64. The third-order valence-electron chi connectivity index (χ3n) is 2.28. The van der Waals surface area contributed by atoms with E-state index >= 15 is 0 Å². The van der Waals surface area contributed by atoms with Gasteiger partial charge in [-0.2, -0.15) is 0 Å². The van der Waals surface area contributed by atoms with Crippen molar-refractivity contribution in [2.24, 2.45) is 0 Å². The normalized spacial score (nSPS) is 20.7. The van der Waals surface area contributed by atoms with E-state index in [-0.39, 0.29) is 12.1 Å². The highest BCUT2D eigenvalue weighted by Crippen LogP contribution is 2.28. The molecule has 0 aromatic heterocycles. The van der Waals surface area contributed by atoms with Crippen LogP contribution in [0.25, 0.3) is 0 Å². The van der Waals surface area contributed by atoms with E-state index in [0.29, 0.717) is 11.6 Å². The molecule has 1 aliphatic rings. The number of carbonyl (C=O) groups excluding carboxylic acids is 1. The second-order valence-corrected chi connectivity index (χ2v) is 4.56. The first kappa shape index (κ1) is 10.8. The molecule has 0 aliphatic carbocycles. The van der Waals surface area contributed by atoms with Gasteiger partial charge in [0.15, 0.2) is 0 Å². The molecule has 15 heavy (non-hydrogen) atoms. The molecule has 1 aliphatic heterocycles. The van der Waals surface area contributed by atoms with Crippen LogP contribution in [0.3, 0.4) is 0 Å². The molecule has 1 atom stereocenters. The molecule has 3 nitrogen and oxygen atoms in total. The predicted molar refractivity (Wildman–Crippen MR) is 61.0 cm³/mol. The zero-order valence-corrected chi connectivity index (χ0v) is 10.1. The Kier molecular flexibility index (Phi) is 3.17. The lowest BCUT2D eigenvalue weighted by Gasteiger charge is -2.23. The lowest BCUT2D eigenvalue weighted by molar-refractivity contribution is 0.115. The first-order chi connectivity index (χ1) is 7.16. The molecule has 0 unspecified atom stereocenters. The Morgan fingerprint density at radius 1 is 1.53 bits per heavy atom. The van der Waals surface area contributed by atoms with Gasteiger partial charge >= 0.3 is 6.09 Å². The van der Waals surface area contributed by atoms with Gasteiger partial charge in [0.05, 0.1) is 17.7 Å². The van der Waals surface area contributed by atoms with Gasteiger partial charge in [-0.1, -0.05) is 17.7 Å². The van der Waals surface area contributed by atoms with Crippen molar-refractivity contribution in [2.45, 2.75) is 12.5 Å². The van der Waals surface area contributed by atoms with Crippen molar-refractivity contribution < 1.29 is 9.53 Å². The molecule has 0 radical (unpaired) electrons. The van der Waals surface area contributed by atoms with E-state index in [1.807, 2.05) is 18.2 Å². The van der Waals surface area contributed by atoms with Gasteiger partial charge in [0.1, 0.15) is 0 Å². The van der Waals surface area contributed by atoms with Crippen LogP contribution in [0.2, 0.25) is 5.02 Å². The summed E-state index contributed by atoms with van der Waals surface area (Å²) in [6.07, 6.45) is 0.414. The Bertz CT molecular complexity index is 397. The summed E-state index contributed by atoms with van der Waals surface area (Å²) in [5.74, 6) is 0. The van der Waals surface area contributed by atoms with Crippen LogP contribution in [0, 0.1) is 0 Å². The van der Waals surface area contributed by atoms with Gasteiger partial charge in [0.25, 0.3) is 0 Å². The predicted octanol–water partition coefficient (Wildman–Crippen LogP) is 3.27. The van der Waals surface area contributed by atoms with E-state index in [9.17, 15) is 4.79 Å². The zero-order valence-electron chi connectivity index (χ0n) is 7.80. The number of nitrogens with one attached hydrogen (secondary N) is 1. The monoisotopic (exact) mass is 289 g/mol. The molecule has 2 rings (SSSR count). The summed E-state index contributed by atoms with van der Waals surface area (Å²) < 4.78 is 5.63. The number of carbonyl (C=O) groups is 1. The van der Waals surface area contributed by atoms with E-state index in [1.54, 1.807) is 0 Å². The molecule has 0 spiro atoms. The minimum Gasteiger partial charge on any atom is -0.449 e. The quantitative estimate of drug-likeness (QED) is 0.862.